The molecule has 1 aliphatic rings. The van der Waals surface area contributed by atoms with Crippen LogP contribution in [0.3, 0.4) is 0 Å². The third-order valence-corrected chi connectivity index (χ3v) is 10.5. The van der Waals surface area contributed by atoms with Gasteiger partial charge in [0.15, 0.2) is 0 Å². The zero-order chi connectivity index (χ0) is 11.5. The van der Waals surface area contributed by atoms with Crippen molar-refractivity contribution in [3.8, 4) is 0 Å². The lowest BCUT2D eigenvalue weighted by Crippen LogP contribution is -2.31. The van der Waals surface area contributed by atoms with Crippen molar-refractivity contribution in [3.05, 3.63) is 0 Å². The summed E-state index contributed by atoms with van der Waals surface area (Å²) in [4.78, 5) is 0. The van der Waals surface area contributed by atoms with Crippen molar-refractivity contribution in [2.75, 3.05) is 0 Å². The van der Waals surface area contributed by atoms with Crippen LogP contribution in [-0.4, -0.2) is 16.1 Å². The molecule has 0 aromatic carbocycles. The number of rotatable bonds is 5. The fourth-order valence-electron chi connectivity index (χ4n) is 2.99. The Balaban J connectivity index is 2.29. The third kappa shape index (κ3) is 4.86. The molecular weight excluding hydrogens is 212 g/mol. The maximum atomic E-state index is 2.65. The molecule has 1 saturated carbocycles. The van der Waals surface area contributed by atoms with Crippen LogP contribution in [0.15, 0.2) is 0 Å². The van der Waals surface area contributed by atoms with Crippen molar-refractivity contribution in [2.45, 2.75) is 82.5 Å². The van der Waals surface area contributed by atoms with Crippen LogP contribution < -0.4 is 0 Å². The maximum Gasteiger partial charge on any atom is 0.0504 e. The van der Waals surface area contributed by atoms with Crippen LogP contribution in [0.1, 0.15) is 32.1 Å². The molecule has 90 valence electrons. The largest absolute Gasteiger partial charge is 0.0695 e. The molecule has 0 radical (unpaired) electrons. The fraction of sp³-hybridized carbons (Fsp3) is 1.00. The lowest BCUT2D eigenvalue weighted by Gasteiger charge is -2.30. The second kappa shape index (κ2) is 5.18. The van der Waals surface area contributed by atoms with Gasteiger partial charge in [-0.25, -0.2) is 0 Å². The van der Waals surface area contributed by atoms with E-state index < -0.39 is 16.1 Å². The highest BCUT2D eigenvalue weighted by atomic mass is 28.3. The Labute approximate surface area is 98.9 Å². The van der Waals surface area contributed by atoms with Crippen LogP contribution in [0, 0.1) is 0 Å². The third-order valence-electron chi connectivity index (χ3n) is 4.21. The first kappa shape index (κ1) is 13.5. The van der Waals surface area contributed by atoms with Gasteiger partial charge in [0, 0.05) is 8.07 Å². The van der Waals surface area contributed by atoms with Gasteiger partial charge < -0.3 is 0 Å². The maximum absolute atomic E-state index is 2.65. The van der Waals surface area contributed by atoms with Crippen molar-refractivity contribution >= 4 is 16.1 Å². The van der Waals surface area contributed by atoms with Gasteiger partial charge in [-0.15, -0.1) is 0 Å². The summed E-state index contributed by atoms with van der Waals surface area (Å²) in [6.07, 6.45) is 7.70. The van der Waals surface area contributed by atoms with Crippen molar-refractivity contribution in [3.63, 3.8) is 0 Å². The minimum absolute atomic E-state index is 0.774. The van der Waals surface area contributed by atoms with E-state index in [1.54, 1.807) is 24.9 Å². The highest BCUT2D eigenvalue weighted by Crippen LogP contribution is 2.41. The van der Waals surface area contributed by atoms with E-state index in [0.29, 0.717) is 0 Å². The Hall–Kier alpha value is 0.434. The Bertz CT molecular complexity index is 185. The molecule has 0 N–H and O–H groups in total. The van der Waals surface area contributed by atoms with E-state index in [1.165, 1.54) is 24.8 Å². The summed E-state index contributed by atoms with van der Waals surface area (Å²) >= 11 is 0. The molecule has 0 aromatic rings. The van der Waals surface area contributed by atoms with E-state index >= 15 is 0 Å². The van der Waals surface area contributed by atoms with Crippen molar-refractivity contribution in [2.24, 2.45) is 0 Å². The van der Waals surface area contributed by atoms with Crippen LogP contribution in [0.25, 0.3) is 0 Å². The monoisotopic (exact) mass is 242 g/mol. The first-order valence-electron chi connectivity index (χ1n) is 6.81. The average molecular weight is 243 g/mol. The van der Waals surface area contributed by atoms with Gasteiger partial charge in [0.1, 0.15) is 0 Å². The summed E-state index contributed by atoms with van der Waals surface area (Å²) in [6, 6.07) is 3.15. The highest BCUT2D eigenvalue weighted by molar-refractivity contribution is 6.79. The van der Waals surface area contributed by atoms with Gasteiger partial charge in [0.2, 0.25) is 0 Å². The Kier molecular flexibility index (Phi) is 4.66. The minimum Gasteiger partial charge on any atom is -0.0695 e. The Morgan fingerprint density at radius 1 is 0.867 bits per heavy atom. The lowest BCUT2D eigenvalue weighted by molar-refractivity contribution is 0.816. The second-order valence-corrected chi connectivity index (χ2v) is 18.3. The summed E-state index contributed by atoms with van der Waals surface area (Å²) in [6.45, 7) is 12.8. The average Bonchev–Trinajstić information content (AvgIpc) is 2.52. The summed E-state index contributed by atoms with van der Waals surface area (Å²) in [5, 5.41) is 0. The van der Waals surface area contributed by atoms with Gasteiger partial charge in [-0.2, -0.15) is 0 Å². The highest BCUT2D eigenvalue weighted by Gasteiger charge is 2.33. The molecule has 0 spiro atoms. The van der Waals surface area contributed by atoms with Gasteiger partial charge >= 0.3 is 0 Å². The molecule has 0 heterocycles. The molecule has 0 bridgehead atoms. The standard InChI is InChI=1S/C13H30Si2/c1-14(2,3)11-8-12-15(4,5)13-9-6-7-10-13/h13H,6-12H2,1-5H3. The SMILES string of the molecule is C[Si](C)(C)CCC[Si](C)(C)C1CCCC1. The first-order chi connectivity index (χ1) is 6.81. The predicted octanol–water partition coefficient (Wildman–Crippen LogP) is 5.37. The number of hydrogen-bond donors (Lipinski definition) is 0. The van der Waals surface area contributed by atoms with Crippen LogP contribution in [0.5, 0.6) is 0 Å². The Morgan fingerprint density at radius 3 is 1.87 bits per heavy atom. The molecule has 0 amide bonds. The normalized spacial score (nSPS) is 19.8. The summed E-state index contributed by atoms with van der Waals surface area (Å²) in [7, 11) is -1.62. The topological polar surface area (TPSA) is 0 Å². The molecule has 1 aliphatic carbocycles. The van der Waals surface area contributed by atoms with Crippen molar-refractivity contribution < 1.29 is 0 Å². The van der Waals surface area contributed by atoms with Crippen LogP contribution >= 0.6 is 0 Å². The molecule has 0 atom stereocenters. The summed E-state index contributed by atoms with van der Waals surface area (Å²) < 4.78 is 0. The minimum atomic E-state index is -0.848. The molecule has 1 fully saturated rings. The van der Waals surface area contributed by atoms with Gasteiger partial charge in [-0.1, -0.05) is 76.9 Å². The Morgan fingerprint density at radius 2 is 1.40 bits per heavy atom. The van der Waals surface area contributed by atoms with Crippen molar-refractivity contribution in [1.82, 2.24) is 0 Å². The quantitative estimate of drug-likeness (QED) is 0.569. The van der Waals surface area contributed by atoms with Crippen LogP contribution in [0.4, 0.5) is 0 Å². The van der Waals surface area contributed by atoms with E-state index in [0.717, 1.165) is 0 Å². The van der Waals surface area contributed by atoms with E-state index in [9.17, 15) is 0 Å². The lowest BCUT2D eigenvalue weighted by atomic mass is 10.4. The summed E-state index contributed by atoms with van der Waals surface area (Å²) in [5.41, 5.74) is 1.17. The smallest absolute Gasteiger partial charge is 0.0504 e. The van der Waals surface area contributed by atoms with E-state index in [4.69, 9.17) is 0 Å². The van der Waals surface area contributed by atoms with Crippen LogP contribution in [-0.2, 0) is 0 Å². The first-order valence-corrected chi connectivity index (χ1v) is 13.8. The van der Waals surface area contributed by atoms with Gasteiger partial charge in [-0.05, 0) is 5.54 Å². The van der Waals surface area contributed by atoms with Gasteiger partial charge in [-0.3, -0.25) is 0 Å². The molecule has 0 nitrogen and oxygen atoms in total. The molecule has 0 aromatic heterocycles. The van der Waals surface area contributed by atoms with E-state index in [1.807, 2.05) is 0 Å². The van der Waals surface area contributed by atoms with E-state index in [-0.39, 0.29) is 0 Å². The zero-order valence-corrected chi connectivity index (χ0v) is 13.5. The zero-order valence-electron chi connectivity index (χ0n) is 11.5. The van der Waals surface area contributed by atoms with Crippen LogP contribution in [0.2, 0.25) is 50.4 Å². The molecule has 0 saturated heterocycles. The number of hydrogen-bond acceptors (Lipinski definition) is 0. The van der Waals surface area contributed by atoms with Gasteiger partial charge in [0.25, 0.3) is 0 Å². The predicted molar refractivity (Wildman–Crippen MR) is 77.3 cm³/mol. The molecule has 1 rings (SSSR count). The summed E-state index contributed by atoms with van der Waals surface area (Å²) in [5.74, 6) is 0. The molecule has 0 unspecified atom stereocenters. The molecular formula is C13H30Si2. The molecule has 2 heteroatoms. The van der Waals surface area contributed by atoms with Gasteiger partial charge in [0.05, 0.1) is 8.07 Å². The van der Waals surface area contributed by atoms with Crippen molar-refractivity contribution in [1.29, 1.82) is 0 Å². The molecule has 0 aliphatic heterocycles. The second-order valence-electron chi connectivity index (χ2n) is 7.38. The molecule has 15 heavy (non-hydrogen) atoms. The fourth-order valence-corrected chi connectivity index (χ4v) is 8.04. The van der Waals surface area contributed by atoms with E-state index in [2.05, 4.69) is 32.7 Å².